The Labute approximate surface area is 216 Å². The summed E-state index contributed by atoms with van der Waals surface area (Å²) in [6, 6.07) is 16.2. The molecule has 2 aromatic carbocycles. The summed E-state index contributed by atoms with van der Waals surface area (Å²) in [7, 11) is 1.46. The average molecular weight is 524 g/mol. The average Bonchev–Trinajstić information content (AvgIpc) is 3.76. The number of aromatic nitrogens is 1. The van der Waals surface area contributed by atoms with Crippen LogP contribution in [0.4, 0.5) is 18.9 Å². The van der Waals surface area contributed by atoms with Gasteiger partial charge >= 0.3 is 11.8 Å². The van der Waals surface area contributed by atoms with Crippen LogP contribution in [0, 0.1) is 0 Å². The van der Waals surface area contributed by atoms with Crippen molar-refractivity contribution in [3.63, 3.8) is 0 Å². The lowest BCUT2D eigenvalue weighted by Crippen LogP contribution is -2.38. The Morgan fingerprint density at radius 1 is 1.00 bits per heavy atom. The predicted molar refractivity (Wildman–Crippen MR) is 132 cm³/mol. The number of benzene rings is 2. The summed E-state index contributed by atoms with van der Waals surface area (Å²) in [5.41, 5.74) is -0.178. The highest BCUT2D eigenvalue weighted by Gasteiger charge is 2.65. The second kappa shape index (κ2) is 9.88. The molecule has 2 amide bonds. The largest absolute Gasteiger partial charge is 0.480 e. The van der Waals surface area contributed by atoms with Crippen molar-refractivity contribution >= 4 is 17.5 Å². The summed E-state index contributed by atoms with van der Waals surface area (Å²) >= 11 is 0. The number of methoxy groups -OCH3 is 1. The molecule has 5 rings (SSSR count). The monoisotopic (exact) mass is 523 g/mol. The van der Waals surface area contributed by atoms with E-state index in [9.17, 15) is 22.8 Å². The van der Waals surface area contributed by atoms with Gasteiger partial charge in [-0.05, 0) is 60.7 Å². The molecule has 1 fully saturated rings. The molecule has 0 atom stereocenters. The SMILES string of the molecule is COc1ncccc1C(=O)Nc1ccc(C2CCN(C(=O)c3ccc(C4(C(F)(F)F)N=N4)cc3)CC2)cc1. The van der Waals surface area contributed by atoms with Gasteiger partial charge in [0.05, 0.1) is 7.11 Å². The first kappa shape index (κ1) is 25.4. The number of carbonyl (C=O) groups excluding carboxylic acids is 2. The number of piperidine rings is 1. The number of alkyl halides is 3. The highest BCUT2D eigenvalue weighted by atomic mass is 19.4. The molecule has 1 aromatic heterocycles. The smallest absolute Gasteiger partial charge is 0.442 e. The van der Waals surface area contributed by atoms with Crippen molar-refractivity contribution in [2.24, 2.45) is 10.2 Å². The molecule has 0 radical (unpaired) electrons. The fraction of sp³-hybridized carbons (Fsp3) is 0.296. The maximum absolute atomic E-state index is 13.2. The van der Waals surface area contributed by atoms with Gasteiger partial charge in [0.15, 0.2) is 0 Å². The summed E-state index contributed by atoms with van der Waals surface area (Å²) in [5, 5.41) is 9.23. The quantitative estimate of drug-likeness (QED) is 0.459. The van der Waals surface area contributed by atoms with E-state index in [-0.39, 0.29) is 29.2 Å². The van der Waals surface area contributed by atoms with Crippen LogP contribution in [0.1, 0.15) is 50.6 Å². The highest BCUT2D eigenvalue weighted by Crippen LogP contribution is 2.52. The maximum atomic E-state index is 13.2. The first-order valence-corrected chi connectivity index (χ1v) is 12.0. The number of carbonyl (C=O) groups is 2. The number of anilines is 1. The zero-order valence-corrected chi connectivity index (χ0v) is 20.4. The fourth-order valence-corrected chi connectivity index (χ4v) is 4.65. The third-order valence-corrected chi connectivity index (χ3v) is 6.86. The van der Waals surface area contributed by atoms with E-state index < -0.39 is 11.8 Å². The minimum Gasteiger partial charge on any atom is -0.480 e. The van der Waals surface area contributed by atoms with Crippen LogP contribution in [0.25, 0.3) is 0 Å². The molecular formula is C27H24F3N5O3. The lowest BCUT2D eigenvalue weighted by Gasteiger charge is -2.32. The first-order chi connectivity index (χ1) is 18.2. The standard InChI is InChI=1S/C27H24F3N5O3/c1-38-24-22(3-2-14-31-24)23(36)32-21-10-6-17(7-11-21)18-12-15-35(16-13-18)25(37)19-4-8-20(9-5-19)26(33-34-26)27(28,29)30/h2-11,14,18H,12-13,15-16H2,1H3,(H,32,36). The zero-order valence-electron chi connectivity index (χ0n) is 20.4. The summed E-state index contributed by atoms with van der Waals surface area (Å²) in [6.07, 6.45) is -1.56. The number of nitrogens with one attached hydrogen (secondary N) is 1. The maximum Gasteiger partial charge on any atom is 0.442 e. The van der Waals surface area contributed by atoms with Crippen LogP contribution in [0.2, 0.25) is 0 Å². The number of nitrogens with zero attached hydrogens (tertiary/aromatic N) is 4. The number of ether oxygens (including phenoxy) is 1. The van der Waals surface area contributed by atoms with Crippen molar-refractivity contribution in [2.75, 3.05) is 25.5 Å². The predicted octanol–water partition coefficient (Wildman–Crippen LogP) is 5.54. The molecule has 8 nitrogen and oxygen atoms in total. The third kappa shape index (κ3) is 4.83. The van der Waals surface area contributed by atoms with E-state index in [2.05, 4.69) is 20.5 Å². The summed E-state index contributed by atoms with van der Waals surface area (Å²) in [5.74, 6) is -0.0472. The topological polar surface area (TPSA) is 96.2 Å². The lowest BCUT2D eigenvalue weighted by atomic mass is 9.89. The normalized spacial score (nSPS) is 16.7. The van der Waals surface area contributed by atoms with E-state index in [4.69, 9.17) is 4.74 Å². The van der Waals surface area contributed by atoms with Gasteiger partial charge in [0.1, 0.15) is 5.56 Å². The van der Waals surface area contributed by atoms with Crippen LogP contribution in [0.3, 0.4) is 0 Å². The Bertz CT molecular complexity index is 1360. The van der Waals surface area contributed by atoms with Crippen molar-refractivity contribution in [1.29, 1.82) is 0 Å². The number of halogens is 3. The molecular weight excluding hydrogens is 499 g/mol. The van der Waals surface area contributed by atoms with E-state index in [1.165, 1.54) is 31.4 Å². The Balaban J connectivity index is 1.16. The Morgan fingerprint density at radius 3 is 2.24 bits per heavy atom. The molecule has 2 aliphatic rings. The number of likely N-dealkylation sites (tertiary alicyclic amines) is 1. The second-order valence-corrected chi connectivity index (χ2v) is 9.15. The van der Waals surface area contributed by atoms with Gasteiger partial charge in [-0.3, -0.25) is 9.59 Å². The molecule has 0 spiro atoms. The molecule has 3 heterocycles. The molecule has 11 heteroatoms. The number of hydrogen-bond acceptors (Lipinski definition) is 6. The van der Waals surface area contributed by atoms with E-state index in [1.807, 2.05) is 24.3 Å². The highest BCUT2D eigenvalue weighted by molar-refractivity contribution is 6.05. The number of rotatable bonds is 6. The molecule has 1 saturated heterocycles. The molecule has 2 aliphatic heterocycles. The van der Waals surface area contributed by atoms with Crippen molar-refractivity contribution < 1.29 is 27.5 Å². The molecule has 0 unspecified atom stereocenters. The summed E-state index contributed by atoms with van der Waals surface area (Å²) in [6.45, 7) is 1.06. The zero-order chi connectivity index (χ0) is 26.9. The van der Waals surface area contributed by atoms with Gasteiger partial charge in [0, 0.05) is 36.1 Å². The first-order valence-electron chi connectivity index (χ1n) is 12.0. The van der Waals surface area contributed by atoms with Crippen LogP contribution >= 0.6 is 0 Å². The van der Waals surface area contributed by atoms with E-state index in [0.29, 0.717) is 29.9 Å². The minimum absolute atomic E-state index is 0.0977. The van der Waals surface area contributed by atoms with Gasteiger partial charge in [-0.25, -0.2) is 4.98 Å². The fourth-order valence-electron chi connectivity index (χ4n) is 4.65. The van der Waals surface area contributed by atoms with Gasteiger partial charge in [-0.2, -0.15) is 13.2 Å². The molecule has 0 aliphatic carbocycles. The third-order valence-electron chi connectivity index (χ3n) is 6.86. The summed E-state index contributed by atoms with van der Waals surface area (Å²) in [4.78, 5) is 31.3. The van der Waals surface area contributed by atoms with Crippen LogP contribution in [0.5, 0.6) is 5.88 Å². The Kier molecular flexibility index (Phi) is 6.60. The van der Waals surface area contributed by atoms with E-state index >= 15 is 0 Å². The van der Waals surface area contributed by atoms with Gasteiger partial charge in [-0.15, -0.1) is 10.2 Å². The van der Waals surface area contributed by atoms with Gasteiger partial charge < -0.3 is 15.0 Å². The molecule has 38 heavy (non-hydrogen) atoms. The number of pyridine rings is 1. The van der Waals surface area contributed by atoms with Crippen molar-refractivity contribution in [3.8, 4) is 5.88 Å². The van der Waals surface area contributed by atoms with E-state index in [1.54, 1.807) is 23.2 Å². The van der Waals surface area contributed by atoms with E-state index in [0.717, 1.165) is 18.4 Å². The van der Waals surface area contributed by atoms with Crippen molar-refractivity contribution in [3.05, 3.63) is 89.1 Å². The van der Waals surface area contributed by atoms with Crippen LogP contribution in [-0.4, -0.2) is 48.1 Å². The molecule has 1 N–H and O–H groups in total. The van der Waals surface area contributed by atoms with Crippen LogP contribution in [-0.2, 0) is 5.66 Å². The minimum atomic E-state index is -4.60. The number of hydrogen-bond donors (Lipinski definition) is 1. The second-order valence-electron chi connectivity index (χ2n) is 9.15. The summed E-state index contributed by atoms with van der Waals surface area (Å²) < 4.78 is 44.7. The number of amides is 2. The lowest BCUT2D eigenvalue weighted by molar-refractivity contribution is -0.166. The Hall–Kier alpha value is -4.28. The van der Waals surface area contributed by atoms with Crippen LogP contribution in [0.15, 0.2) is 77.1 Å². The molecule has 0 bridgehead atoms. The molecule has 3 aromatic rings. The van der Waals surface area contributed by atoms with Crippen molar-refractivity contribution in [1.82, 2.24) is 9.88 Å². The van der Waals surface area contributed by atoms with Crippen molar-refractivity contribution in [2.45, 2.75) is 30.6 Å². The molecule has 196 valence electrons. The Morgan fingerprint density at radius 2 is 1.66 bits per heavy atom. The van der Waals surface area contributed by atoms with Gasteiger partial charge in [0.2, 0.25) is 5.88 Å². The molecule has 0 saturated carbocycles. The van der Waals surface area contributed by atoms with Gasteiger partial charge in [-0.1, -0.05) is 24.3 Å². The van der Waals surface area contributed by atoms with Crippen LogP contribution < -0.4 is 10.1 Å². The van der Waals surface area contributed by atoms with Gasteiger partial charge in [0.25, 0.3) is 11.8 Å².